The summed E-state index contributed by atoms with van der Waals surface area (Å²) in [5.41, 5.74) is 5.17. The van der Waals surface area contributed by atoms with Crippen LogP contribution in [0.25, 0.3) is 0 Å². The highest BCUT2D eigenvalue weighted by Crippen LogP contribution is 2.18. The number of carboxylic acids is 1. The van der Waals surface area contributed by atoms with Crippen LogP contribution < -0.4 is 27.0 Å². The molecule has 8 N–H and O–H groups in total. The highest BCUT2D eigenvalue weighted by atomic mass is 16.4. The van der Waals surface area contributed by atoms with Gasteiger partial charge in [0.15, 0.2) is 5.96 Å². The summed E-state index contributed by atoms with van der Waals surface area (Å²) in [6, 6.07) is -3.16. The predicted molar refractivity (Wildman–Crippen MR) is 114 cm³/mol. The summed E-state index contributed by atoms with van der Waals surface area (Å²) in [5.74, 6) is -2.64. The maximum atomic E-state index is 12.7. The molecule has 0 aliphatic carbocycles. The number of nitrogens with two attached hydrogens (primary N) is 1. The summed E-state index contributed by atoms with van der Waals surface area (Å²) >= 11 is 0. The molecular weight excluding hydrogens is 406 g/mol. The van der Waals surface area contributed by atoms with Crippen molar-refractivity contribution < 1.29 is 24.3 Å². The third-order valence-electron chi connectivity index (χ3n) is 5.07. The Morgan fingerprint density at radius 3 is 2.45 bits per heavy atom. The van der Waals surface area contributed by atoms with Crippen molar-refractivity contribution in [3.8, 4) is 0 Å². The third-order valence-corrected chi connectivity index (χ3v) is 5.07. The first-order chi connectivity index (χ1) is 14.6. The summed E-state index contributed by atoms with van der Waals surface area (Å²) in [6.45, 7) is 6.51. The fourth-order valence-electron chi connectivity index (χ4n) is 3.40. The summed E-state index contributed by atoms with van der Waals surface area (Å²) < 4.78 is 0. The Morgan fingerprint density at radius 1 is 1.19 bits per heavy atom. The van der Waals surface area contributed by atoms with E-state index < -0.39 is 42.0 Å². The van der Waals surface area contributed by atoms with E-state index in [2.05, 4.69) is 21.3 Å². The average Bonchev–Trinajstić information content (AvgIpc) is 3.19. The number of carbonyl (C=O) groups is 4. The second-order valence-corrected chi connectivity index (χ2v) is 7.58. The van der Waals surface area contributed by atoms with Crippen LogP contribution in [0.5, 0.6) is 0 Å². The number of hydrogen-bond donors (Lipinski definition) is 7. The zero-order chi connectivity index (χ0) is 23.6. The predicted octanol–water partition coefficient (Wildman–Crippen LogP) is -1.69. The molecule has 0 aromatic carbocycles. The normalized spacial score (nSPS) is 18.5. The number of guanidine groups is 1. The van der Waals surface area contributed by atoms with Gasteiger partial charge in [-0.2, -0.15) is 0 Å². The lowest BCUT2D eigenvalue weighted by atomic mass is 10.1. The van der Waals surface area contributed by atoms with Crippen LogP contribution in [-0.4, -0.2) is 83.5 Å². The van der Waals surface area contributed by atoms with Crippen LogP contribution in [0.3, 0.4) is 0 Å². The van der Waals surface area contributed by atoms with Gasteiger partial charge in [0.2, 0.25) is 17.7 Å². The molecule has 1 saturated heterocycles. The second kappa shape index (κ2) is 12.7. The van der Waals surface area contributed by atoms with Gasteiger partial charge in [0.05, 0.1) is 6.04 Å². The molecule has 1 rings (SSSR count). The summed E-state index contributed by atoms with van der Waals surface area (Å²) in [4.78, 5) is 50.6. The molecule has 1 fully saturated rings. The van der Waals surface area contributed by atoms with Gasteiger partial charge in [0.25, 0.3) is 0 Å². The highest BCUT2D eigenvalue weighted by Gasteiger charge is 2.36. The number of likely N-dealkylation sites (tertiary alicyclic amines) is 1. The highest BCUT2D eigenvalue weighted by molar-refractivity contribution is 5.94. The molecule has 31 heavy (non-hydrogen) atoms. The Morgan fingerprint density at radius 2 is 1.87 bits per heavy atom. The molecule has 4 atom stereocenters. The van der Waals surface area contributed by atoms with Crippen molar-refractivity contribution in [1.82, 2.24) is 26.2 Å². The van der Waals surface area contributed by atoms with Crippen molar-refractivity contribution >= 4 is 29.7 Å². The first-order valence-corrected chi connectivity index (χ1v) is 10.5. The van der Waals surface area contributed by atoms with E-state index in [1.807, 2.05) is 6.92 Å². The lowest BCUT2D eigenvalue weighted by molar-refractivity contribution is -0.143. The van der Waals surface area contributed by atoms with E-state index in [1.165, 1.54) is 11.8 Å². The molecule has 12 heteroatoms. The molecule has 0 aromatic rings. The Labute approximate surface area is 182 Å². The maximum Gasteiger partial charge on any atom is 0.326 e. The minimum Gasteiger partial charge on any atom is -0.480 e. The van der Waals surface area contributed by atoms with Crippen molar-refractivity contribution in [3.05, 3.63) is 0 Å². The number of nitrogens with one attached hydrogen (secondary N) is 5. The fourth-order valence-corrected chi connectivity index (χ4v) is 3.40. The Kier molecular flexibility index (Phi) is 10.7. The minimum absolute atomic E-state index is 0.134. The molecule has 1 aliphatic rings. The topological polar surface area (TPSA) is 190 Å². The van der Waals surface area contributed by atoms with Gasteiger partial charge in [-0.05, 0) is 46.1 Å². The monoisotopic (exact) mass is 441 g/mol. The largest absolute Gasteiger partial charge is 0.480 e. The van der Waals surface area contributed by atoms with E-state index >= 15 is 0 Å². The molecule has 1 heterocycles. The fraction of sp³-hybridized carbons (Fsp3) is 0.737. The van der Waals surface area contributed by atoms with Crippen LogP contribution in [0.1, 0.15) is 46.5 Å². The summed E-state index contributed by atoms with van der Waals surface area (Å²) in [6.07, 6.45) is 1.71. The standard InChI is InChI=1S/C19H35N7O5/c1-4-22-12(3)17(29)26-10-6-8-14(26)16(28)24-11(2)15(27)25-13(18(30)31)7-5-9-23-19(20)21/h11-14,22H,4-10H2,1-3H3,(H,24,28)(H,25,27)(H,30,31)(H4,20,21,23)/t11-,12-,13-,14-/m0/s1. The second-order valence-electron chi connectivity index (χ2n) is 7.58. The summed E-state index contributed by atoms with van der Waals surface area (Å²) in [7, 11) is 0. The zero-order valence-corrected chi connectivity index (χ0v) is 18.4. The van der Waals surface area contributed by atoms with Gasteiger partial charge in [-0.25, -0.2) is 4.79 Å². The van der Waals surface area contributed by atoms with Crippen molar-refractivity contribution in [2.45, 2.75) is 70.6 Å². The number of nitrogens with zero attached hydrogens (tertiary/aromatic N) is 1. The molecule has 176 valence electrons. The van der Waals surface area contributed by atoms with Crippen molar-refractivity contribution in [2.75, 3.05) is 19.6 Å². The first-order valence-electron chi connectivity index (χ1n) is 10.5. The molecule has 12 nitrogen and oxygen atoms in total. The third kappa shape index (κ3) is 8.40. The smallest absolute Gasteiger partial charge is 0.326 e. The number of amides is 3. The summed E-state index contributed by atoms with van der Waals surface area (Å²) in [5, 5.41) is 27.0. The Hall–Kier alpha value is -2.89. The number of aliphatic carboxylic acids is 1. The molecule has 0 saturated carbocycles. The minimum atomic E-state index is -1.19. The van der Waals surface area contributed by atoms with E-state index in [0.29, 0.717) is 38.9 Å². The van der Waals surface area contributed by atoms with Crippen LogP contribution in [-0.2, 0) is 19.2 Å². The van der Waals surface area contributed by atoms with Gasteiger partial charge >= 0.3 is 5.97 Å². The Bertz CT molecular complexity index is 672. The molecule has 0 unspecified atom stereocenters. The molecule has 0 spiro atoms. The van der Waals surface area contributed by atoms with Gasteiger partial charge in [0, 0.05) is 13.1 Å². The number of carboxylic acid groups (broad SMARTS) is 1. The first kappa shape index (κ1) is 26.1. The Balaban J connectivity index is 2.61. The molecule has 0 radical (unpaired) electrons. The molecule has 3 amide bonds. The number of likely N-dealkylation sites (N-methyl/N-ethyl adjacent to an activating group) is 1. The van der Waals surface area contributed by atoms with Crippen LogP contribution in [0.2, 0.25) is 0 Å². The van der Waals surface area contributed by atoms with E-state index in [1.54, 1.807) is 6.92 Å². The lowest BCUT2D eigenvalue weighted by Crippen LogP contribution is -2.55. The molecule has 0 aromatic heterocycles. The van der Waals surface area contributed by atoms with Gasteiger partial charge in [-0.15, -0.1) is 0 Å². The van der Waals surface area contributed by atoms with E-state index in [-0.39, 0.29) is 18.3 Å². The van der Waals surface area contributed by atoms with Crippen LogP contribution in [0.15, 0.2) is 0 Å². The van der Waals surface area contributed by atoms with Crippen LogP contribution in [0, 0.1) is 5.41 Å². The van der Waals surface area contributed by atoms with Gasteiger partial charge in [-0.3, -0.25) is 19.8 Å². The molecular formula is C19H35N7O5. The van der Waals surface area contributed by atoms with Crippen molar-refractivity contribution in [2.24, 2.45) is 5.73 Å². The lowest BCUT2D eigenvalue weighted by Gasteiger charge is -2.28. The number of hydrogen-bond acceptors (Lipinski definition) is 6. The molecule has 1 aliphatic heterocycles. The quantitative estimate of drug-likeness (QED) is 0.106. The van der Waals surface area contributed by atoms with Crippen molar-refractivity contribution in [3.63, 3.8) is 0 Å². The van der Waals surface area contributed by atoms with Crippen LogP contribution >= 0.6 is 0 Å². The van der Waals surface area contributed by atoms with Gasteiger partial charge in [0.1, 0.15) is 18.1 Å². The van der Waals surface area contributed by atoms with Gasteiger partial charge in [-0.1, -0.05) is 6.92 Å². The zero-order valence-electron chi connectivity index (χ0n) is 18.4. The molecule has 0 bridgehead atoms. The van der Waals surface area contributed by atoms with E-state index in [4.69, 9.17) is 11.1 Å². The maximum absolute atomic E-state index is 12.7. The number of carbonyl (C=O) groups excluding carboxylic acids is 3. The van der Waals surface area contributed by atoms with Crippen molar-refractivity contribution in [1.29, 1.82) is 5.41 Å². The van der Waals surface area contributed by atoms with Crippen LogP contribution in [0.4, 0.5) is 0 Å². The number of rotatable bonds is 12. The SMILES string of the molecule is CCN[C@@H](C)C(=O)N1CCC[C@H]1C(=O)N[C@@H](C)C(=O)N[C@@H](CCCNC(=N)N)C(=O)O. The van der Waals surface area contributed by atoms with E-state index in [9.17, 15) is 24.3 Å². The van der Waals surface area contributed by atoms with E-state index in [0.717, 1.165) is 0 Å². The van der Waals surface area contributed by atoms with Gasteiger partial charge < -0.3 is 37.0 Å². The average molecular weight is 442 g/mol.